The minimum Gasteiger partial charge on any atom is -0.0776 e. The summed E-state index contributed by atoms with van der Waals surface area (Å²) in [6.07, 6.45) is 9.24. The van der Waals surface area contributed by atoms with Gasteiger partial charge in [0.2, 0.25) is 0 Å². The van der Waals surface area contributed by atoms with Gasteiger partial charge in [0.15, 0.2) is 0 Å². The van der Waals surface area contributed by atoms with Crippen LogP contribution >= 0.6 is 0 Å². The van der Waals surface area contributed by atoms with Gasteiger partial charge in [-0.1, -0.05) is 40.0 Å². The van der Waals surface area contributed by atoms with Gasteiger partial charge in [0, 0.05) is 0 Å². The maximum atomic E-state index is 2.43. The van der Waals surface area contributed by atoms with Gasteiger partial charge in [-0.15, -0.1) is 0 Å². The molecule has 11 heavy (non-hydrogen) atoms. The third-order valence-electron chi connectivity index (χ3n) is 3.55. The van der Waals surface area contributed by atoms with Gasteiger partial charge in [0.05, 0.1) is 0 Å². The monoisotopic (exact) mass is 154 g/mol. The molecule has 0 heteroatoms. The van der Waals surface area contributed by atoms with Crippen LogP contribution in [0.3, 0.4) is 0 Å². The van der Waals surface area contributed by atoms with E-state index in [-0.39, 0.29) is 7.43 Å². The van der Waals surface area contributed by atoms with Gasteiger partial charge in [-0.3, -0.25) is 0 Å². The zero-order valence-corrected chi connectivity index (χ0v) is 6.97. The number of fused-ring (bicyclic) bond motifs is 1. The summed E-state index contributed by atoms with van der Waals surface area (Å²) in [7, 11) is 0. The van der Waals surface area contributed by atoms with E-state index in [0.717, 1.165) is 17.8 Å². The van der Waals surface area contributed by atoms with Gasteiger partial charge in [-0.05, 0) is 30.6 Å². The number of rotatable bonds is 0. The molecule has 0 radical (unpaired) electrons. The summed E-state index contributed by atoms with van der Waals surface area (Å²) < 4.78 is 0. The minimum atomic E-state index is 0. The van der Waals surface area contributed by atoms with Crippen LogP contribution in [0.4, 0.5) is 0 Å². The summed E-state index contributed by atoms with van der Waals surface area (Å²) in [5.41, 5.74) is 0. The quantitative estimate of drug-likeness (QED) is 0.497. The van der Waals surface area contributed by atoms with E-state index in [1.165, 1.54) is 12.8 Å². The topological polar surface area (TPSA) is 0 Å². The van der Waals surface area contributed by atoms with E-state index in [4.69, 9.17) is 0 Å². The third-order valence-corrected chi connectivity index (χ3v) is 3.55. The highest BCUT2D eigenvalue weighted by Crippen LogP contribution is 2.43. The van der Waals surface area contributed by atoms with E-state index < -0.39 is 0 Å². The number of hydrogen-bond acceptors (Lipinski definition) is 0. The molecule has 0 heterocycles. The van der Waals surface area contributed by atoms with Crippen molar-refractivity contribution in [1.29, 1.82) is 0 Å². The first-order valence-electron chi connectivity index (χ1n) is 4.86. The lowest BCUT2D eigenvalue weighted by Crippen LogP contribution is -2.18. The third kappa shape index (κ3) is 1.77. The van der Waals surface area contributed by atoms with Crippen LogP contribution in [0.25, 0.3) is 0 Å². The highest BCUT2D eigenvalue weighted by atomic mass is 14.4. The molecule has 0 nitrogen and oxygen atoms in total. The van der Waals surface area contributed by atoms with Crippen LogP contribution in [0, 0.1) is 17.8 Å². The van der Waals surface area contributed by atoms with Crippen molar-refractivity contribution in [2.24, 2.45) is 17.8 Å². The largest absolute Gasteiger partial charge is 0.0776 e. The lowest BCUT2D eigenvalue weighted by atomic mass is 9.77. The molecule has 3 unspecified atom stereocenters. The van der Waals surface area contributed by atoms with E-state index >= 15 is 0 Å². The molecule has 0 amide bonds. The van der Waals surface area contributed by atoms with Crippen LogP contribution in [-0.2, 0) is 0 Å². The molecular formula is C11H22. The molecule has 2 aliphatic rings. The van der Waals surface area contributed by atoms with Crippen molar-refractivity contribution in [3.8, 4) is 0 Å². The molecule has 0 spiro atoms. The van der Waals surface area contributed by atoms with Gasteiger partial charge in [-0.2, -0.15) is 0 Å². The van der Waals surface area contributed by atoms with E-state index in [1.807, 2.05) is 0 Å². The summed E-state index contributed by atoms with van der Waals surface area (Å²) >= 11 is 0. The Kier molecular flexibility index (Phi) is 2.98. The second kappa shape index (κ2) is 3.60. The van der Waals surface area contributed by atoms with Gasteiger partial charge < -0.3 is 0 Å². The molecule has 0 aromatic carbocycles. The van der Waals surface area contributed by atoms with Gasteiger partial charge >= 0.3 is 0 Å². The molecule has 2 rings (SSSR count). The first kappa shape index (κ1) is 9.09. The van der Waals surface area contributed by atoms with Crippen molar-refractivity contribution in [3.05, 3.63) is 0 Å². The predicted molar refractivity (Wildman–Crippen MR) is 50.6 cm³/mol. The van der Waals surface area contributed by atoms with Crippen molar-refractivity contribution >= 4 is 0 Å². The average Bonchev–Trinajstić information content (AvgIpc) is 2.33. The van der Waals surface area contributed by atoms with Crippen molar-refractivity contribution in [2.45, 2.75) is 52.9 Å². The van der Waals surface area contributed by atoms with Crippen LogP contribution in [-0.4, -0.2) is 0 Å². The Bertz CT molecular complexity index is 117. The average molecular weight is 154 g/mol. The lowest BCUT2D eigenvalue weighted by Gasteiger charge is -2.29. The smallest absolute Gasteiger partial charge is 0.0383 e. The molecule has 2 saturated carbocycles. The van der Waals surface area contributed by atoms with Gasteiger partial charge in [-0.25, -0.2) is 0 Å². The Morgan fingerprint density at radius 2 is 1.64 bits per heavy atom. The summed E-state index contributed by atoms with van der Waals surface area (Å²) in [6.45, 7) is 2.43. The fraction of sp³-hybridized carbons (Fsp3) is 1.00. The SMILES string of the molecule is C.CC1CCC2CCCC2C1. The lowest BCUT2D eigenvalue weighted by molar-refractivity contribution is 0.220. The molecule has 66 valence electrons. The van der Waals surface area contributed by atoms with Crippen molar-refractivity contribution < 1.29 is 0 Å². The van der Waals surface area contributed by atoms with Crippen LogP contribution in [0.1, 0.15) is 52.9 Å². The van der Waals surface area contributed by atoms with Crippen molar-refractivity contribution in [2.75, 3.05) is 0 Å². The summed E-state index contributed by atoms with van der Waals surface area (Å²) in [5, 5.41) is 0. The zero-order valence-electron chi connectivity index (χ0n) is 6.97. The van der Waals surface area contributed by atoms with Gasteiger partial charge in [0.25, 0.3) is 0 Å². The molecular weight excluding hydrogens is 132 g/mol. The predicted octanol–water partition coefficient (Wildman–Crippen LogP) is 3.86. The normalized spacial score (nSPS) is 42.8. The fourth-order valence-corrected chi connectivity index (χ4v) is 2.94. The molecule has 0 aliphatic heterocycles. The highest BCUT2D eigenvalue weighted by molar-refractivity contribution is 4.83. The van der Waals surface area contributed by atoms with Crippen LogP contribution in [0.15, 0.2) is 0 Å². The van der Waals surface area contributed by atoms with Crippen molar-refractivity contribution in [3.63, 3.8) is 0 Å². The maximum Gasteiger partial charge on any atom is -0.0383 e. The second-order valence-electron chi connectivity index (χ2n) is 4.37. The molecule has 2 fully saturated rings. The van der Waals surface area contributed by atoms with E-state index in [2.05, 4.69) is 6.92 Å². The van der Waals surface area contributed by atoms with Crippen LogP contribution < -0.4 is 0 Å². The summed E-state index contributed by atoms with van der Waals surface area (Å²) in [6, 6.07) is 0. The molecule has 0 bridgehead atoms. The fourth-order valence-electron chi connectivity index (χ4n) is 2.94. The van der Waals surface area contributed by atoms with Crippen LogP contribution in [0.5, 0.6) is 0 Å². The first-order chi connectivity index (χ1) is 4.86. The van der Waals surface area contributed by atoms with E-state index in [0.29, 0.717) is 0 Å². The van der Waals surface area contributed by atoms with Gasteiger partial charge in [0.1, 0.15) is 0 Å². The molecule has 0 N–H and O–H groups in total. The molecule has 0 saturated heterocycles. The second-order valence-corrected chi connectivity index (χ2v) is 4.37. The Morgan fingerprint density at radius 3 is 2.45 bits per heavy atom. The summed E-state index contributed by atoms with van der Waals surface area (Å²) in [5.74, 6) is 3.33. The Hall–Kier alpha value is 0. The molecule has 0 aromatic heterocycles. The molecule has 2 aliphatic carbocycles. The standard InChI is InChI=1S/C10H18.CH4/c1-8-5-6-9-3-2-4-10(9)7-8;/h8-10H,2-7H2,1H3;1H4. The number of hydrogen-bond donors (Lipinski definition) is 0. The Labute approximate surface area is 71.4 Å². The Balaban J connectivity index is 0.000000605. The van der Waals surface area contributed by atoms with E-state index in [9.17, 15) is 0 Å². The van der Waals surface area contributed by atoms with Crippen molar-refractivity contribution in [1.82, 2.24) is 0 Å². The molecule has 0 aromatic rings. The maximum absolute atomic E-state index is 2.43. The first-order valence-corrected chi connectivity index (χ1v) is 4.86. The van der Waals surface area contributed by atoms with Crippen LogP contribution in [0.2, 0.25) is 0 Å². The summed E-state index contributed by atoms with van der Waals surface area (Å²) in [4.78, 5) is 0. The molecule has 3 atom stereocenters. The van der Waals surface area contributed by atoms with E-state index in [1.54, 1.807) is 25.7 Å². The Morgan fingerprint density at radius 1 is 0.909 bits per heavy atom. The zero-order chi connectivity index (χ0) is 6.97. The highest BCUT2D eigenvalue weighted by Gasteiger charge is 2.31. The minimum absolute atomic E-state index is 0.